The fourth-order valence-corrected chi connectivity index (χ4v) is 5.40. The Morgan fingerprint density at radius 2 is 1.73 bits per heavy atom. The van der Waals surface area contributed by atoms with Gasteiger partial charge in [0.25, 0.3) is 0 Å². The number of amides is 1. The molecule has 4 heterocycles. The third-order valence-corrected chi connectivity index (χ3v) is 7.30. The third kappa shape index (κ3) is 4.06. The van der Waals surface area contributed by atoms with Crippen molar-refractivity contribution < 1.29 is 4.79 Å². The number of piperidine rings is 1. The van der Waals surface area contributed by atoms with Gasteiger partial charge in [0.15, 0.2) is 0 Å². The maximum absolute atomic E-state index is 12.7. The molecule has 1 saturated heterocycles. The van der Waals surface area contributed by atoms with Crippen LogP contribution in [0.25, 0.3) is 21.3 Å². The summed E-state index contributed by atoms with van der Waals surface area (Å²) in [7, 11) is 0. The number of anilines is 2. The molecular formula is C25H24N6OS. The lowest BCUT2D eigenvalue weighted by Crippen LogP contribution is -2.39. The van der Waals surface area contributed by atoms with E-state index in [0.717, 1.165) is 47.8 Å². The van der Waals surface area contributed by atoms with Gasteiger partial charge in [-0.2, -0.15) is 0 Å². The van der Waals surface area contributed by atoms with Crippen LogP contribution in [0.2, 0.25) is 0 Å². The predicted octanol–water partition coefficient (Wildman–Crippen LogP) is 4.88. The molecule has 1 saturated carbocycles. The summed E-state index contributed by atoms with van der Waals surface area (Å²) in [6.45, 7) is 1.57. The number of carbonyl (C=O) groups is 1. The van der Waals surface area contributed by atoms with Crippen molar-refractivity contribution in [3.05, 3.63) is 60.0 Å². The van der Waals surface area contributed by atoms with E-state index in [9.17, 15) is 4.79 Å². The Labute approximate surface area is 195 Å². The van der Waals surface area contributed by atoms with Crippen molar-refractivity contribution in [1.29, 1.82) is 0 Å². The van der Waals surface area contributed by atoms with E-state index in [1.54, 1.807) is 29.8 Å². The minimum absolute atomic E-state index is 0.00661. The fraction of sp³-hybridized carbons (Fsp3) is 0.320. The Hall–Kier alpha value is -3.39. The van der Waals surface area contributed by atoms with E-state index in [-0.39, 0.29) is 11.8 Å². The van der Waals surface area contributed by atoms with Crippen molar-refractivity contribution in [2.24, 2.45) is 5.92 Å². The van der Waals surface area contributed by atoms with Crippen LogP contribution in [-0.4, -0.2) is 38.9 Å². The second-order valence-corrected chi connectivity index (χ2v) is 9.56. The first-order valence-corrected chi connectivity index (χ1v) is 12.3. The topological polar surface area (TPSA) is 83.9 Å². The highest BCUT2D eigenvalue weighted by molar-refractivity contribution is 7.17. The van der Waals surface area contributed by atoms with Crippen molar-refractivity contribution in [1.82, 2.24) is 19.9 Å². The minimum Gasteiger partial charge on any atom is -0.356 e. The minimum atomic E-state index is -0.0543. The van der Waals surface area contributed by atoms with E-state index in [1.165, 1.54) is 24.0 Å². The summed E-state index contributed by atoms with van der Waals surface area (Å²) < 4.78 is 0. The molecule has 8 heteroatoms. The average molecular weight is 457 g/mol. The Bertz CT molecular complexity index is 1280. The molecule has 166 valence electrons. The van der Waals surface area contributed by atoms with E-state index >= 15 is 0 Å². The molecule has 33 heavy (non-hydrogen) atoms. The lowest BCUT2D eigenvalue weighted by atomic mass is 9.95. The number of aromatic nitrogens is 4. The molecule has 1 aliphatic carbocycles. The first-order chi connectivity index (χ1) is 16.3. The third-order valence-electron chi connectivity index (χ3n) is 6.43. The molecule has 6 rings (SSSR count). The zero-order valence-electron chi connectivity index (χ0n) is 18.1. The monoisotopic (exact) mass is 456 g/mol. The number of fused-ring (bicyclic) bond motifs is 1. The molecule has 0 spiro atoms. The maximum Gasteiger partial charge on any atom is 0.229 e. The molecule has 1 N–H and O–H groups in total. The smallest absolute Gasteiger partial charge is 0.229 e. The molecule has 2 aliphatic rings. The number of carbonyl (C=O) groups excluding carboxylic acids is 1. The van der Waals surface area contributed by atoms with Crippen LogP contribution in [0, 0.1) is 5.92 Å². The summed E-state index contributed by atoms with van der Waals surface area (Å²) in [5.74, 6) is 2.79. The molecule has 0 atom stereocenters. The number of hydrogen-bond acceptors (Lipinski definition) is 7. The molecule has 0 bridgehead atoms. The summed E-state index contributed by atoms with van der Waals surface area (Å²) in [6.07, 6.45) is 7.15. The van der Waals surface area contributed by atoms with Gasteiger partial charge in [0.2, 0.25) is 11.9 Å². The first-order valence-electron chi connectivity index (χ1n) is 11.4. The lowest BCUT2D eigenvalue weighted by molar-refractivity contribution is -0.120. The highest BCUT2D eigenvalue weighted by Crippen LogP contribution is 2.44. The van der Waals surface area contributed by atoms with Crippen molar-refractivity contribution in [2.75, 3.05) is 23.3 Å². The fourth-order valence-electron chi connectivity index (χ4n) is 4.45. The molecule has 0 radical (unpaired) electrons. The number of thiophene rings is 1. The number of nitrogens with one attached hydrogen (secondary N) is 1. The molecule has 1 aliphatic heterocycles. The van der Waals surface area contributed by atoms with Gasteiger partial charge in [0.05, 0.1) is 5.39 Å². The second-order valence-electron chi connectivity index (χ2n) is 8.70. The largest absolute Gasteiger partial charge is 0.356 e. The number of nitrogens with zero attached hydrogens (tertiary/aromatic N) is 5. The maximum atomic E-state index is 12.7. The van der Waals surface area contributed by atoms with Gasteiger partial charge in [0, 0.05) is 48.3 Å². The van der Waals surface area contributed by atoms with Gasteiger partial charge in [-0.15, -0.1) is 11.3 Å². The summed E-state index contributed by atoms with van der Waals surface area (Å²) in [5, 5.41) is 6.19. The predicted molar refractivity (Wildman–Crippen MR) is 130 cm³/mol. The molecular weight excluding hydrogens is 432 g/mol. The highest BCUT2D eigenvalue weighted by Gasteiger charge is 2.32. The second kappa shape index (κ2) is 8.51. The number of benzene rings is 1. The highest BCUT2D eigenvalue weighted by atomic mass is 32.1. The van der Waals surface area contributed by atoms with Gasteiger partial charge in [-0.05, 0) is 37.3 Å². The Morgan fingerprint density at radius 1 is 0.970 bits per heavy atom. The molecule has 4 aromatic rings. The summed E-state index contributed by atoms with van der Waals surface area (Å²) in [4.78, 5) is 34.4. The van der Waals surface area contributed by atoms with E-state index < -0.39 is 0 Å². The quantitative estimate of drug-likeness (QED) is 0.461. The average Bonchev–Trinajstić information content (AvgIpc) is 3.64. The Balaban J connectivity index is 1.28. The van der Waals surface area contributed by atoms with Gasteiger partial charge < -0.3 is 4.90 Å². The van der Waals surface area contributed by atoms with E-state index in [1.807, 2.05) is 6.07 Å². The lowest BCUT2D eigenvalue weighted by Gasteiger charge is -2.32. The van der Waals surface area contributed by atoms with Gasteiger partial charge in [0.1, 0.15) is 16.5 Å². The summed E-state index contributed by atoms with van der Waals surface area (Å²) >= 11 is 1.70. The standard InChI is InChI=1S/C25H24N6OS/c32-23(30-25-26-11-4-12-27-25)18-9-13-31(14-10-18)22-20-19(16-5-2-1-3-6-16)15-33-24(20)29-21(28-22)17-7-8-17/h1-6,11-12,15,17-18H,7-10,13-14H2,(H,26,27,30,32). The van der Waals surface area contributed by atoms with Gasteiger partial charge in [-0.3, -0.25) is 10.1 Å². The van der Waals surface area contributed by atoms with Gasteiger partial charge in [-0.1, -0.05) is 30.3 Å². The van der Waals surface area contributed by atoms with Crippen LogP contribution in [0.4, 0.5) is 11.8 Å². The molecule has 2 fully saturated rings. The summed E-state index contributed by atoms with van der Waals surface area (Å²) in [6, 6.07) is 12.2. The van der Waals surface area contributed by atoms with Crippen molar-refractivity contribution in [3.63, 3.8) is 0 Å². The van der Waals surface area contributed by atoms with Crippen molar-refractivity contribution in [2.45, 2.75) is 31.6 Å². The Kier molecular flexibility index (Phi) is 5.22. The van der Waals surface area contributed by atoms with Crippen LogP contribution in [0.1, 0.15) is 37.4 Å². The molecule has 0 unspecified atom stereocenters. The van der Waals surface area contributed by atoms with Crippen LogP contribution in [-0.2, 0) is 4.79 Å². The van der Waals surface area contributed by atoms with Gasteiger partial charge >= 0.3 is 0 Å². The zero-order chi connectivity index (χ0) is 22.2. The van der Waals surface area contributed by atoms with E-state index in [0.29, 0.717) is 11.9 Å². The van der Waals surface area contributed by atoms with Crippen LogP contribution in [0.5, 0.6) is 0 Å². The van der Waals surface area contributed by atoms with Crippen molar-refractivity contribution >= 4 is 39.2 Å². The van der Waals surface area contributed by atoms with Crippen LogP contribution in [0.15, 0.2) is 54.2 Å². The molecule has 7 nitrogen and oxygen atoms in total. The van der Waals surface area contributed by atoms with E-state index in [2.05, 4.69) is 49.8 Å². The Morgan fingerprint density at radius 3 is 2.45 bits per heavy atom. The molecule has 3 aromatic heterocycles. The SMILES string of the molecule is O=C(Nc1ncccn1)C1CCN(c2nc(C3CC3)nc3scc(-c4ccccc4)c23)CC1. The van der Waals surface area contributed by atoms with E-state index in [4.69, 9.17) is 9.97 Å². The van der Waals surface area contributed by atoms with Gasteiger partial charge in [-0.25, -0.2) is 19.9 Å². The summed E-state index contributed by atoms with van der Waals surface area (Å²) in [5.41, 5.74) is 2.37. The van der Waals surface area contributed by atoms with Crippen LogP contribution in [0.3, 0.4) is 0 Å². The zero-order valence-corrected chi connectivity index (χ0v) is 19.0. The number of rotatable bonds is 5. The normalized spacial score (nSPS) is 16.8. The molecule has 1 aromatic carbocycles. The number of hydrogen-bond donors (Lipinski definition) is 1. The van der Waals surface area contributed by atoms with Crippen molar-refractivity contribution in [3.8, 4) is 11.1 Å². The molecule has 1 amide bonds. The van der Waals surface area contributed by atoms with Crippen LogP contribution >= 0.6 is 11.3 Å². The van der Waals surface area contributed by atoms with Crippen LogP contribution < -0.4 is 10.2 Å². The first kappa shape index (κ1) is 20.2.